The van der Waals surface area contributed by atoms with E-state index < -0.39 is 0 Å². The average molecular weight is 263 g/mol. The molecule has 2 heteroatoms. The van der Waals surface area contributed by atoms with Gasteiger partial charge in [-0.05, 0) is 36.6 Å². The SMILES string of the molecule is CCC(C)=C[B]c1ccccc1-c1cccc(OC)c1. The van der Waals surface area contributed by atoms with Crippen molar-refractivity contribution in [3.8, 4) is 16.9 Å². The average Bonchev–Trinajstić information content (AvgIpc) is 2.52. The van der Waals surface area contributed by atoms with E-state index in [9.17, 15) is 0 Å². The van der Waals surface area contributed by atoms with Crippen molar-refractivity contribution in [3.05, 3.63) is 60.1 Å². The van der Waals surface area contributed by atoms with E-state index in [4.69, 9.17) is 4.74 Å². The highest BCUT2D eigenvalue weighted by Crippen LogP contribution is 2.22. The van der Waals surface area contributed by atoms with Crippen molar-refractivity contribution >= 4 is 12.7 Å². The summed E-state index contributed by atoms with van der Waals surface area (Å²) in [6.45, 7) is 4.33. The first-order valence-corrected chi connectivity index (χ1v) is 6.98. The van der Waals surface area contributed by atoms with Crippen molar-refractivity contribution in [1.29, 1.82) is 0 Å². The second-order valence-electron chi connectivity index (χ2n) is 4.85. The molecule has 0 amide bonds. The minimum absolute atomic E-state index is 0.887. The van der Waals surface area contributed by atoms with E-state index in [1.807, 2.05) is 12.1 Å². The van der Waals surface area contributed by atoms with Crippen LogP contribution in [0.2, 0.25) is 0 Å². The lowest BCUT2D eigenvalue weighted by Gasteiger charge is -2.09. The van der Waals surface area contributed by atoms with Crippen molar-refractivity contribution in [2.45, 2.75) is 20.3 Å². The number of ether oxygens (including phenoxy) is 1. The van der Waals surface area contributed by atoms with Gasteiger partial charge >= 0.3 is 0 Å². The van der Waals surface area contributed by atoms with Crippen LogP contribution in [-0.2, 0) is 0 Å². The van der Waals surface area contributed by atoms with Gasteiger partial charge < -0.3 is 4.74 Å². The molecule has 1 nitrogen and oxygen atoms in total. The maximum atomic E-state index is 5.31. The van der Waals surface area contributed by atoms with Crippen LogP contribution in [0.15, 0.2) is 60.1 Å². The zero-order chi connectivity index (χ0) is 14.4. The molecule has 0 N–H and O–H groups in total. The fourth-order valence-corrected chi connectivity index (χ4v) is 2.05. The van der Waals surface area contributed by atoms with Gasteiger partial charge in [-0.15, -0.1) is 5.98 Å². The summed E-state index contributed by atoms with van der Waals surface area (Å²) in [4.78, 5) is 0. The lowest BCUT2D eigenvalue weighted by Crippen LogP contribution is -2.15. The summed E-state index contributed by atoms with van der Waals surface area (Å²) >= 11 is 0. The second kappa shape index (κ2) is 7.00. The van der Waals surface area contributed by atoms with Gasteiger partial charge in [-0.3, -0.25) is 0 Å². The van der Waals surface area contributed by atoms with Crippen LogP contribution in [-0.4, -0.2) is 14.4 Å². The van der Waals surface area contributed by atoms with E-state index in [1.54, 1.807) is 7.11 Å². The molecule has 2 aromatic carbocycles. The van der Waals surface area contributed by atoms with Gasteiger partial charge in [-0.1, -0.05) is 54.4 Å². The highest BCUT2D eigenvalue weighted by atomic mass is 16.5. The standard InChI is InChI=1S/C18H20BO/c1-4-14(2)13-19-18-11-6-5-10-17(18)15-8-7-9-16(12-15)20-3/h5-13H,4H2,1-3H3. The smallest absolute Gasteiger partial charge is 0.182 e. The van der Waals surface area contributed by atoms with Gasteiger partial charge in [-0.25, -0.2) is 0 Å². The number of benzene rings is 2. The monoisotopic (exact) mass is 263 g/mol. The fraction of sp³-hybridized carbons (Fsp3) is 0.222. The van der Waals surface area contributed by atoms with E-state index in [-0.39, 0.29) is 0 Å². The molecular formula is C18H20BO. The van der Waals surface area contributed by atoms with E-state index in [0.717, 1.165) is 12.2 Å². The molecule has 0 spiro atoms. The van der Waals surface area contributed by atoms with Gasteiger partial charge in [0.25, 0.3) is 0 Å². The molecule has 0 heterocycles. The highest BCUT2D eigenvalue weighted by Gasteiger charge is 2.05. The van der Waals surface area contributed by atoms with Gasteiger partial charge in [0.2, 0.25) is 0 Å². The molecule has 0 fully saturated rings. The summed E-state index contributed by atoms with van der Waals surface area (Å²) in [5.74, 6) is 3.08. The van der Waals surface area contributed by atoms with Crippen LogP contribution in [0.25, 0.3) is 11.1 Å². The molecule has 101 valence electrons. The van der Waals surface area contributed by atoms with Gasteiger partial charge in [-0.2, -0.15) is 0 Å². The van der Waals surface area contributed by atoms with Crippen molar-refractivity contribution in [2.75, 3.05) is 7.11 Å². The van der Waals surface area contributed by atoms with Gasteiger partial charge in [0.15, 0.2) is 7.28 Å². The lowest BCUT2D eigenvalue weighted by atomic mass is 9.66. The minimum atomic E-state index is 0.887. The largest absolute Gasteiger partial charge is 0.497 e. The number of hydrogen-bond acceptors (Lipinski definition) is 1. The van der Waals surface area contributed by atoms with Crippen LogP contribution < -0.4 is 10.2 Å². The normalized spacial score (nSPS) is 11.2. The van der Waals surface area contributed by atoms with Gasteiger partial charge in [0, 0.05) is 0 Å². The van der Waals surface area contributed by atoms with Gasteiger partial charge in [0.1, 0.15) is 5.75 Å². The Morgan fingerprint density at radius 3 is 2.70 bits per heavy atom. The molecule has 0 unspecified atom stereocenters. The molecular weight excluding hydrogens is 243 g/mol. The molecule has 0 aliphatic carbocycles. The third-order valence-electron chi connectivity index (χ3n) is 3.45. The molecule has 0 aliphatic heterocycles. The summed E-state index contributed by atoms with van der Waals surface area (Å²) in [5.41, 5.74) is 5.02. The zero-order valence-electron chi connectivity index (χ0n) is 12.4. The van der Waals surface area contributed by atoms with Crippen LogP contribution in [0, 0.1) is 0 Å². The number of methoxy groups -OCH3 is 1. The van der Waals surface area contributed by atoms with E-state index in [0.29, 0.717) is 0 Å². The summed E-state index contributed by atoms with van der Waals surface area (Å²) < 4.78 is 5.31. The van der Waals surface area contributed by atoms with Crippen molar-refractivity contribution < 1.29 is 4.74 Å². The van der Waals surface area contributed by atoms with E-state index >= 15 is 0 Å². The molecule has 0 saturated heterocycles. The topological polar surface area (TPSA) is 9.23 Å². The third-order valence-corrected chi connectivity index (χ3v) is 3.45. The molecule has 0 saturated carbocycles. The Balaban J connectivity index is 2.36. The molecule has 2 aromatic rings. The first kappa shape index (κ1) is 14.5. The molecule has 0 atom stereocenters. The molecule has 0 aliphatic rings. The maximum Gasteiger partial charge on any atom is 0.182 e. The Hall–Kier alpha value is -1.96. The number of allylic oxidation sites excluding steroid dienone is 1. The van der Waals surface area contributed by atoms with Crippen molar-refractivity contribution in [3.63, 3.8) is 0 Å². The first-order chi connectivity index (χ1) is 9.74. The first-order valence-electron chi connectivity index (χ1n) is 6.98. The molecule has 20 heavy (non-hydrogen) atoms. The minimum Gasteiger partial charge on any atom is -0.497 e. The Bertz CT molecular complexity index is 602. The Labute approximate surface area is 122 Å². The van der Waals surface area contributed by atoms with Crippen LogP contribution in [0.1, 0.15) is 20.3 Å². The fourth-order valence-electron chi connectivity index (χ4n) is 2.05. The van der Waals surface area contributed by atoms with Crippen molar-refractivity contribution in [1.82, 2.24) is 0 Å². The van der Waals surface area contributed by atoms with E-state index in [2.05, 4.69) is 63.5 Å². The molecule has 0 bridgehead atoms. The maximum absolute atomic E-state index is 5.31. The molecule has 0 aromatic heterocycles. The zero-order valence-corrected chi connectivity index (χ0v) is 12.4. The van der Waals surface area contributed by atoms with Crippen molar-refractivity contribution in [2.24, 2.45) is 0 Å². The molecule has 1 radical (unpaired) electrons. The summed E-state index contributed by atoms with van der Waals surface area (Å²) in [7, 11) is 3.89. The van der Waals surface area contributed by atoms with E-state index in [1.165, 1.54) is 22.2 Å². The Kier molecular flexibility index (Phi) is 5.06. The Morgan fingerprint density at radius 2 is 1.95 bits per heavy atom. The Morgan fingerprint density at radius 1 is 1.15 bits per heavy atom. The van der Waals surface area contributed by atoms with Gasteiger partial charge in [0.05, 0.1) is 7.11 Å². The predicted octanol–water partition coefficient (Wildman–Crippen LogP) is 4.01. The quantitative estimate of drug-likeness (QED) is 0.741. The summed E-state index contributed by atoms with van der Waals surface area (Å²) in [6, 6.07) is 16.6. The number of hydrogen-bond donors (Lipinski definition) is 0. The van der Waals surface area contributed by atoms with Crippen LogP contribution in [0.4, 0.5) is 0 Å². The third kappa shape index (κ3) is 3.54. The molecule has 2 rings (SSSR count). The highest BCUT2D eigenvalue weighted by molar-refractivity contribution is 6.60. The second-order valence-corrected chi connectivity index (χ2v) is 4.85. The lowest BCUT2D eigenvalue weighted by molar-refractivity contribution is 0.415. The number of rotatable bonds is 5. The summed E-state index contributed by atoms with van der Waals surface area (Å²) in [6.07, 6.45) is 1.08. The van der Waals surface area contributed by atoms with Crippen LogP contribution >= 0.6 is 0 Å². The van der Waals surface area contributed by atoms with Crippen LogP contribution in [0.5, 0.6) is 5.75 Å². The predicted molar refractivity (Wildman–Crippen MR) is 87.9 cm³/mol. The van der Waals surface area contributed by atoms with Crippen LogP contribution in [0.3, 0.4) is 0 Å². The summed E-state index contributed by atoms with van der Waals surface area (Å²) in [5, 5.41) is 0.